The topological polar surface area (TPSA) is 51.5 Å². The Kier molecular flexibility index (Phi) is 3.25. The van der Waals surface area contributed by atoms with Gasteiger partial charge in [-0.2, -0.15) is 0 Å². The zero-order valence-corrected chi connectivity index (χ0v) is 14.3. The highest BCUT2D eigenvalue weighted by molar-refractivity contribution is 6.15. The molecule has 0 bridgehead atoms. The van der Waals surface area contributed by atoms with Crippen LogP contribution >= 0.6 is 0 Å². The lowest BCUT2D eigenvalue weighted by molar-refractivity contribution is -0.136. The summed E-state index contributed by atoms with van der Waals surface area (Å²) in [7, 11) is 0. The summed E-state index contributed by atoms with van der Waals surface area (Å²) in [5, 5.41) is 4.92. The molecular weight excluding hydrogens is 324 g/mol. The maximum absolute atomic E-state index is 12.6. The fourth-order valence-corrected chi connectivity index (χ4v) is 3.86. The number of pyridine rings is 1. The Morgan fingerprint density at radius 1 is 1.08 bits per heavy atom. The molecule has 26 heavy (non-hydrogen) atoms. The Labute approximate surface area is 149 Å². The summed E-state index contributed by atoms with van der Waals surface area (Å²) in [6.07, 6.45) is 2.35. The van der Waals surface area contributed by atoms with Gasteiger partial charge in [0, 0.05) is 27.8 Å². The lowest BCUT2D eigenvalue weighted by Crippen LogP contribution is -2.35. The predicted octanol–water partition coefficient (Wildman–Crippen LogP) is 0.945. The number of esters is 1. The van der Waals surface area contributed by atoms with Crippen molar-refractivity contribution < 1.29 is 9.53 Å². The van der Waals surface area contributed by atoms with Crippen LogP contribution in [0.1, 0.15) is 13.3 Å². The number of fused-ring (bicyclic) bond motifs is 5. The molecule has 1 aromatic heterocycles. The zero-order valence-electron chi connectivity index (χ0n) is 14.3. The number of hydrogen-bond donors (Lipinski definition) is 0. The van der Waals surface area contributed by atoms with Crippen LogP contribution in [0.5, 0.6) is 0 Å². The van der Waals surface area contributed by atoms with Gasteiger partial charge in [-0.05, 0) is 23.8 Å². The van der Waals surface area contributed by atoms with Gasteiger partial charge in [0.05, 0.1) is 29.4 Å². The molecule has 0 atom stereocenters. The second-order valence-corrected chi connectivity index (χ2v) is 6.40. The van der Waals surface area contributed by atoms with Crippen LogP contribution in [0, 0.1) is 0 Å². The number of benzene rings is 2. The van der Waals surface area contributed by atoms with Gasteiger partial charge in [-0.15, -0.1) is 0 Å². The van der Waals surface area contributed by atoms with E-state index in [1.54, 1.807) is 0 Å². The third-order valence-corrected chi connectivity index (χ3v) is 4.96. The molecule has 0 amide bonds. The first-order valence-electron chi connectivity index (χ1n) is 8.73. The SMILES string of the molecule is CCOC(=O)C1=c2ccccc2=C2N=c3cnc4ccccc4c3=C2C1. The summed E-state index contributed by atoms with van der Waals surface area (Å²) >= 11 is 0. The number of rotatable bonds is 2. The Balaban J connectivity index is 1.94. The molecular formula is C22H16N2O2. The van der Waals surface area contributed by atoms with E-state index >= 15 is 0 Å². The summed E-state index contributed by atoms with van der Waals surface area (Å²) < 4.78 is 5.32. The first-order valence-corrected chi connectivity index (χ1v) is 8.73. The van der Waals surface area contributed by atoms with E-state index in [0.29, 0.717) is 18.6 Å². The lowest BCUT2D eigenvalue weighted by atomic mass is 9.92. The van der Waals surface area contributed by atoms with Crippen molar-refractivity contribution in [1.29, 1.82) is 0 Å². The van der Waals surface area contributed by atoms with Crippen molar-refractivity contribution >= 4 is 33.7 Å². The highest BCUT2D eigenvalue weighted by atomic mass is 16.5. The van der Waals surface area contributed by atoms with Gasteiger partial charge in [-0.3, -0.25) is 4.98 Å². The minimum atomic E-state index is -0.252. The van der Waals surface area contributed by atoms with Crippen molar-refractivity contribution in [3.8, 4) is 0 Å². The molecule has 126 valence electrons. The third-order valence-electron chi connectivity index (χ3n) is 4.96. The molecule has 1 aliphatic carbocycles. The minimum Gasteiger partial charge on any atom is -0.463 e. The molecule has 5 rings (SSSR count). The number of para-hydroxylation sites is 1. The molecule has 0 saturated heterocycles. The zero-order chi connectivity index (χ0) is 17.7. The maximum atomic E-state index is 12.6. The summed E-state index contributed by atoms with van der Waals surface area (Å²) in [6.45, 7) is 2.20. The Bertz CT molecular complexity index is 1340. The molecule has 0 saturated carbocycles. The second kappa shape index (κ2) is 5.63. The highest BCUT2D eigenvalue weighted by Crippen LogP contribution is 2.26. The number of hydrogen-bond acceptors (Lipinski definition) is 4. The maximum Gasteiger partial charge on any atom is 0.334 e. The number of aromatic nitrogens is 1. The van der Waals surface area contributed by atoms with E-state index in [1.807, 2.05) is 55.6 Å². The van der Waals surface area contributed by atoms with Crippen LogP contribution in [0.2, 0.25) is 0 Å². The van der Waals surface area contributed by atoms with E-state index in [-0.39, 0.29) is 5.97 Å². The van der Waals surface area contributed by atoms with Crippen LogP contribution in [-0.4, -0.2) is 17.6 Å². The molecule has 3 aromatic rings. The standard InChI is InChI=1S/C22H16N2O2/c1-2-26-22(25)16-11-17-20-15-9-5-6-10-18(15)23-12-19(20)24-21(17)14-8-4-3-7-13(14)16/h3-10,12H,2,11H2,1H3. The second-order valence-electron chi connectivity index (χ2n) is 6.40. The monoisotopic (exact) mass is 340 g/mol. The van der Waals surface area contributed by atoms with Gasteiger partial charge in [0.2, 0.25) is 0 Å². The molecule has 2 aromatic carbocycles. The Morgan fingerprint density at radius 3 is 2.69 bits per heavy atom. The molecule has 4 nitrogen and oxygen atoms in total. The highest BCUT2D eigenvalue weighted by Gasteiger charge is 2.25. The van der Waals surface area contributed by atoms with Crippen LogP contribution in [0.3, 0.4) is 0 Å². The van der Waals surface area contributed by atoms with Crippen LogP contribution < -0.4 is 21.0 Å². The van der Waals surface area contributed by atoms with Crippen molar-refractivity contribution in [2.45, 2.75) is 13.3 Å². The van der Waals surface area contributed by atoms with Gasteiger partial charge >= 0.3 is 5.97 Å². The third kappa shape index (κ3) is 2.05. The van der Waals surface area contributed by atoms with Crippen molar-refractivity contribution in [3.05, 3.63) is 75.7 Å². The van der Waals surface area contributed by atoms with Gasteiger partial charge in [0.25, 0.3) is 0 Å². The van der Waals surface area contributed by atoms with Gasteiger partial charge in [-0.25, -0.2) is 9.79 Å². The first kappa shape index (κ1) is 15.0. The van der Waals surface area contributed by atoms with Crippen molar-refractivity contribution in [2.24, 2.45) is 4.99 Å². The lowest BCUT2D eigenvalue weighted by Gasteiger charge is -2.15. The normalized spacial score (nSPS) is 14.6. The number of carbonyl (C=O) groups is 1. The molecule has 0 N–H and O–H groups in total. The first-order chi connectivity index (χ1) is 12.8. The van der Waals surface area contributed by atoms with Crippen molar-refractivity contribution in [3.63, 3.8) is 0 Å². The number of carbonyl (C=O) groups excluding carboxylic acids is 1. The fourth-order valence-electron chi connectivity index (χ4n) is 3.86. The number of nitrogens with zero attached hydrogens (tertiary/aromatic N) is 2. The summed E-state index contributed by atoms with van der Waals surface area (Å²) in [6, 6.07) is 16.0. The van der Waals surface area contributed by atoms with Crippen LogP contribution in [0.4, 0.5) is 0 Å². The molecule has 2 heterocycles. The Morgan fingerprint density at radius 2 is 1.85 bits per heavy atom. The Hall–Kier alpha value is -3.27. The van der Waals surface area contributed by atoms with Gasteiger partial charge in [0.15, 0.2) is 0 Å². The van der Waals surface area contributed by atoms with E-state index in [4.69, 9.17) is 9.73 Å². The van der Waals surface area contributed by atoms with Gasteiger partial charge < -0.3 is 4.74 Å². The van der Waals surface area contributed by atoms with E-state index in [2.05, 4.69) is 11.1 Å². The molecule has 0 unspecified atom stereocenters. The summed E-state index contributed by atoms with van der Waals surface area (Å²) in [5.41, 5.74) is 3.67. The van der Waals surface area contributed by atoms with Gasteiger partial charge in [0.1, 0.15) is 0 Å². The van der Waals surface area contributed by atoms with Crippen molar-refractivity contribution in [2.75, 3.05) is 6.61 Å². The van der Waals surface area contributed by atoms with Crippen LogP contribution in [-0.2, 0) is 9.53 Å². The average Bonchev–Trinajstić information content (AvgIpc) is 3.07. The molecule has 0 fully saturated rings. The quantitative estimate of drug-likeness (QED) is 0.653. The summed E-state index contributed by atoms with van der Waals surface area (Å²) in [5.74, 6) is -0.252. The number of ether oxygens (including phenoxy) is 1. The molecule has 1 aliphatic heterocycles. The van der Waals surface area contributed by atoms with Gasteiger partial charge in [-0.1, -0.05) is 42.5 Å². The molecule has 2 aliphatic rings. The molecule has 0 spiro atoms. The minimum absolute atomic E-state index is 0.252. The fraction of sp³-hybridized carbons (Fsp3) is 0.136. The van der Waals surface area contributed by atoms with Crippen LogP contribution in [0.25, 0.3) is 27.7 Å². The van der Waals surface area contributed by atoms with E-state index in [9.17, 15) is 4.79 Å². The average molecular weight is 340 g/mol. The predicted molar refractivity (Wildman–Crippen MR) is 99.7 cm³/mol. The van der Waals surface area contributed by atoms with E-state index in [0.717, 1.165) is 43.2 Å². The van der Waals surface area contributed by atoms with Crippen molar-refractivity contribution in [1.82, 2.24) is 4.98 Å². The van der Waals surface area contributed by atoms with E-state index in [1.165, 1.54) is 0 Å². The smallest absolute Gasteiger partial charge is 0.334 e. The molecule has 0 radical (unpaired) electrons. The van der Waals surface area contributed by atoms with Crippen LogP contribution in [0.15, 0.2) is 59.7 Å². The summed E-state index contributed by atoms with van der Waals surface area (Å²) in [4.78, 5) is 22.0. The largest absolute Gasteiger partial charge is 0.463 e. The van der Waals surface area contributed by atoms with E-state index < -0.39 is 0 Å². The molecule has 4 heteroatoms.